The zero-order valence-corrected chi connectivity index (χ0v) is 18.1. The molecule has 3 N–H and O–H groups in total. The van der Waals surface area contributed by atoms with Crippen LogP contribution in [0.3, 0.4) is 0 Å². The van der Waals surface area contributed by atoms with Crippen LogP contribution >= 0.6 is 0 Å². The maximum absolute atomic E-state index is 5.88. The number of benzene rings is 1. The lowest BCUT2D eigenvalue weighted by Gasteiger charge is -2.36. The average Bonchev–Trinajstić information content (AvgIpc) is 2.68. The summed E-state index contributed by atoms with van der Waals surface area (Å²) in [7, 11) is 0. The molecule has 1 atom stereocenters. The van der Waals surface area contributed by atoms with E-state index in [0.717, 1.165) is 55.9 Å². The second-order valence-corrected chi connectivity index (χ2v) is 8.27. The first-order chi connectivity index (χ1) is 13.6. The number of unbranched alkanes of at least 4 members (excludes halogenated alkanes) is 1. The predicted molar refractivity (Wildman–Crippen MR) is 120 cm³/mol. The van der Waals surface area contributed by atoms with Gasteiger partial charge in [0.2, 0.25) is 0 Å². The van der Waals surface area contributed by atoms with Crippen molar-refractivity contribution in [1.29, 1.82) is 0 Å². The molecule has 0 spiro atoms. The maximum atomic E-state index is 5.88. The van der Waals surface area contributed by atoms with Gasteiger partial charge in [-0.05, 0) is 82.2 Å². The van der Waals surface area contributed by atoms with Crippen molar-refractivity contribution >= 4 is 11.6 Å². The molecule has 1 aliphatic rings. The molecular weight excluding hydrogens is 348 g/mol. The van der Waals surface area contributed by atoms with E-state index in [1.807, 2.05) is 12.1 Å². The fourth-order valence-electron chi connectivity index (χ4n) is 3.50. The van der Waals surface area contributed by atoms with E-state index in [-0.39, 0.29) is 0 Å². The van der Waals surface area contributed by atoms with E-state index in [1.165, 1.54) is 32.1 Å². The van der Waals surface area contributed by atoms with Gasteiger partial charge in [-0.3, -0.25) is 4.99 Å². The number of ether oxygens (including phenoxy) is 1. The van der Waals surface area contributed by atoms with Crippen LogP contribution in [0.1, 0.15) is 65.7 Å². The molecule has 0 aliphatic carbocycles. The van der Waals surface area contributed by atoms with Gasteiger partial charge >= 0.3 is 0 Å². The number of nitrogens with two attached hydrogens (primary N) is 1. The summed E-state index contributed by atoms with van der Waals surface area (Å²) in [4.78, 5) is 7.21. The third-order valence-corrected chi connectivity index (χ3v) is 5.25. The Morgan fingerprint density at radius 1 is 1.21 bits per heavy atom. The molecule has 5 heteroatoms. The van der Waals surface area contributed by atoms with Crippen LogP contribution in [0.4, 0.5) is 5.69 Å². The maximum Gasteiger partial charge on any atom is 0.198 e. The van der Waals surface area contributed by atoms with E-state index in [4.69, 9.17) is 15.5 Å². The van der Waals surface area contributed by atoms with Gasteiger partial charge in [0.15, 0.2) is 5.96 Å². The quantitative estimate of drug-likeness (QED) is 0.340. The SMILES string of the molecule is CC(C)CCCCOc1ccc(NC(=NCCCN)N2CCCCC2C)cc1. The summed E-state index contributed by atoms with van der Waals surface area (Å²) in [5, 5.41) is 3.53. The highest BCUT2D eigenvalue weighted by Crippen LogP contribution is 2.20. The normalized spacial score (nSPS) is 17.8. The number of nitrogens with one attached hydrogen (secondary N) is 1. The third-order valence-electron chi connectivity index (χ3n) is 5.25. The van der Waals surface area contributed by atoms with Gasteiger partial charge in [0, 0.05) is 24.8 Å². The molecule has 0 bridgehead atoms. The molecule has 0 aromatic heterocycles. The first-order valence-corrected chi connectivity index (χ1v) is 11.1. The first kappa shape index (κ1) is 22.5. The fourth-order valence-corrected chi connectivity index (χ4v) is 3.50. The highest BCUT2D eigenvalue weighted by Gasteiger charge is 2.21. The number of hydrogen-bond acceptors (Lipinski definition) is 3. The smallest absolute Gasteiger partial charge is 0.198 e. The molecule has 1 heterocycles. The number of rotatable bonds is 10. The number of likely N-dealkylation sites (tertiary alicyclic amines) is 1. The second kappa shape index (κ2) is 12.7. The molecule has 0 amide bonds. The Kier molecular flexibility index (Phi) is 10.2. The Morgan fingerprint density at radius 3 is 2.68 bits per heavy atom. The zero-order chi connectivity index (χ0) is 20.2. The van der Waals surface area contributed by atoms with Crippen LogP contribution in [0, 0.1) is 5.92 Å². The Labute approximate surface area is 171 Å². The summed E-state index contributed by atoms with van der Waals surface area (Å²) in [6.45, 7) is 10.1. The van der Waals surface area contributed by atoms with Crippen LogP contribution in [0.5, 0.6) is 5.75 Å². The van der Waals surface area contributed by atoms with Crippen LogP contribution < -0.4 is 15.8 Å². The molecular formula is C23H40N4O. The van der Waals surface area contributed by atoms with E-state index in [1.54, 1.807) is 0 Å². The summed E-state index contributed by atoms with van der Waals surface area (Å²) in [6.07, 6.45) is 8.28. The van der Waals surface area contributed by atoms with Crippen molar-refractivity contribution in [2.24, 2.45) is 16.6 Å². The Balaban J connectivity index is 1.89. The molecule has 1 fully saturated rings. The van der Waals surface area contributed by atoms with Gasteiger partial charge in [-0.1, -0.05) is 20.3 Å². The van der Waals surface area contributed by atoms with Crippen molar-refractivity contribution in [3.63, 3.8) is 0 Å². The molecule has 1 aromatic rings. The first-order valence-electron chi connectivity index (χ1n) is 11.1. The molecule has 0 saturated carbocycles. The summed E-state index contributed by atoms with van der Waals surface area (Å²) in [5.74, 6) is 2.68. The van der Waals surface area contributed by atoms with Gasteiger partial charge in [-0.2, -0.15) is 0 Å². The molecule has 2 rings (SSSR count). The van der Waals surface area contributed by atoms with Crippen LogP contribution in [0.15, 0.2) is 29.3 Å². The van der Waals surface area contributed by atoms with E-state index >= 15 is 0 Å². The molecule has 1 unspecified atom stereocenters. The van der Waals surface area contributed by atoms with Gasteiger partial charge in [-0.15, -0.1) is 0 Å². The monoisotopic (exact) mass is 388 g/mol. The van der Waals surface area contributed by atoms with E-state index < -0.39 is 0 Å². The molecule has 5 nitrogen and oxygen atoms in total. The number of guanidine groups is 1. The van der Waals surface area contributed by atoms with E-state index in [0.29, 0.717) is 12.6 Å². The van der Waals surface area contributed by atoms with Crippen molar-refractivity contribution in [3.8, 4) is 5.75 Å². The predicted octanol–water partition coefficient (Wildman–Crippen LogP) is 4.88. The topological polar surface area (TPSA) is 62.9 Å². The Bertz CT molecular complexity index is 570. The minimum absolute atomic E-state index is 0.520. The largest absolute Gasteiger partial charge is 0.494 e. The molecule has 158 valence electrons. The minimum atomic E-state index is 0.520. The highest BCUT2D eigenvalue weighted by molar-refractivity contribution is 5.94. The van der Waals surface area contributed by atoms with Gasteiger partial charge in [0.1, 0.15) is 5.75 Å². The second-order valence-electron chi connectivity index (χ2n) is 8.27. The van der Waals surface area contributed by atoms with Crippen LogP contribution in [-0.2, 0) is 0 Å². The van der Waals surface area contributed by atoms with Gasteiger partial charge in [-0.25, -0.2) is 0 Å². The molecule has 1 aromatic carbocycles. The summed E-state index contributed by atoms with van der Waals surface area (Å²) in [5.41, 5.74) is 6.70. The Morgan fingerprint density at radius 2 is 2.00 bits per heavy atom. The summed E-state index contributed by atoms with van der Waals surface area (Å²) < 4.78 is 5.88. The molecule has 1 aliphatic heterocycles. The lowest BCUT2D eigenvalue weighted by atomic mass is 10.0. The number of nitrogens with zero attached hydrogens (tertiary/aromatic N) is 2. The molecule has 1 saturated heterocycles. The van der Waals surface area contributed by atoms with Crippen LogP contribution in [-0.4, -0.2) is 43.1 Å². The standard InChI is InChI=1S/C23H40N4O/c1-19(2)9-5-7-18-28-22-13-11-21(12-14-22)26-23(25-16-8-15-24)27-17-6-4-10-20(27)3/h11-14,19-20H,4-10,15-18,24H2,1-3H3,(H,25,26). The third kappa shape index (κ3) is 8.09. The summed E-state index contributed by atoms with van der Waals surface area (Å²) in [6, 6.07) is 8.77. The lowest BCUT2D eigenvalue weighted by molar-refractivity contribution is 0.257. The van der Waals surface area contributed by atoms with Crippen molar-refractivity contribution in [1.82, 2.24) is 4.90 Å². The highest BCUT2D eigenvalue weighted by atomic mass is 16.5. The number of piperidine rings is 1. The minimum Gasteiger partial charge on any atom is -0.494 e. The molecule has 0 radical (unpaired) electrons. The lowest BCUT2D eigenvalue weighted by Crippen LogP contribution is -2.45. The van der Waals surface area contributed by atoms with Gasteiger partial charge in [0.05, 0.1) is 6.61 Å². The van der Waals surface area contributed by atoms with E-state index in [9.17, 15) is 0 Å². The van der Waals surface area contributed by atoms with Crippen molar-refractivity contribution in [3.05, 3.63) is 24.3 Å². The van der Waals surface area contributed by atoms with Crippen molar-refractivity contribution in [2.45, 2.75) is 71.8 Å². The van der Waals surface area contributed by atoms with Gasteiger partial charge < -0.3 is 20.7 Å². The summed E-state index contributed by atoms with van der Waals surface area (Å²) >= 11 is 0. The molecule has 28 heavy (non-hydrogen) atoms. The van der Waals surface area contributed by atoms with E-state index in [2.05, 4.69) is 43.1 Å². The van der Waals surface area contributed by atoms with Crippen LogP contribution in [0.2, 0.25) is 0 Å². The Hall–Kier alpha value is -1.75. The van der Waals surface area contributed by atoms with Crippen LogP contribution in [0.25, 0.3) is 0 Å². The van der Waals surface area contributed by atoms with Gasteiger partial charge in [0.25, 0.3) is 0 Å². The average molecular weight is 389 g/mol. The number of hydrogen-bond donors (Lipinski definition) is 2. The van der Waals surface area contributed by atoms with Crippen molar-refractivity contribution < 1.29 is 4.74 Å². The number of anilines is 1. The van der Waals surface area contributed by atoms with Crippen molar-refractivity contribution in [2.75, 3.05) is 31.6 Å². The zero-order valence-electron chi connectivity index (χ0n) is 18.1. The number of aliphatic imine (C=N–C) groups is 1. The fraction of sp³-hybridized carbons (Fsp3) is 0.696.